The Labute approximate surface area is 261 Å². The number of hydrogen-bond acceptors (Lipinski definition) is 6. The minimum atomic E-state index is -4.73. The van der Waals surface area contributed by atoms with Crippen molar-refractivity contribution in [3.8, 4) is 0 Å². The first kappa shape index (κ1) is 33.0. The fourth-order valence-electron chi connectivity index (χ4n) is 4.18. The molecule has 1 amide bonds. The Morgan fingerprint density at radius 2 is 1.58 bits per heavy atom. The van der Waals surface area contributed by atoms with Crippen LogP contribution in [-0.4, -0.2) is 39.2 Å². The third-order valence-electron chi connectivity index (χ3n) is 6.31. The van der Waals surface area contributed by atoms with Gasteiger partial charge < -0.3 is 10.1 Å². The lowest BCUT2D eigenvalue weighted by molar-refractivity contribution is -0.137. The summed E-state index contributed by atoms with van der Waals surface area (Å²) in [4.78, 5) is 37.8. The smallest absolute Gasteiger partial charge is 0.416 e. The summed E-state index contributed by atoms with van der Waals surface area (Å²) in [6.45, 7) is 2.28. The molecule has 0 heterocycles. The summed E-state index contributed by atoms with van der Waals surface area (Å²) in [5.41, 5.74) is -0.883. The number of nitrogens with one attached hydrogen (secondary N) is 1. The minimum Gasteiger partial charge on any atom is -0.452 e. The second kappa shape index (κ2) is 13.8. The van der Waals surface area contributed by atoms with Crippen LogP contribution in [0.25, 0.3) is 0 Å². The van der Waals surface area contributed by atoms with Gasteiger partial charge in [0.05, 0.1) is 34.1 Å². The van der Waals surface area contributed by atoms with E-state index in [1.807, 2.05) is 0 Å². The van der Waals surface area contributed by atoms with Gasteiger partial charge in [0.2, 0.25) is 0 Å². The van der Waals surface area contributed by atoms with Crippen LogP contribution in [0.1, 0.15) is 31.8 Å². The van der Waals surface area contributed by atoms with Crippen molar-refractivity contribution in [1.82, 2.24) is 0 Å². The molecule has 0 aliphatic rings. The lowest BCUT2D eigenvalue weighted by Crippen LogP contribution is -2.32. The normalized spacial score (nSPS) is 11.4. The molecule has 13 heteroatoms. The average molecular weight is 657 g/mol. The molecule has 232 valence electrons. The van der Waals surface area contributed by atoms with Gasteiger partial charge in [0.1, 0.15) is 4.90 Å². The number of sulfonamides is 1. The zero-order valence-electron chi connectivity index (χ0n) is 23.3. The van der Waals surface area contributed by atoms with Gasteiger partial charge >= 0.3 is 12.1 Å². The number of para-hydroxylation sites is 1. The predicted octanol–water partition coefficient (Wildman–Crippen LogP) is 6.77. The van der Waals surface area contributed by atoms with Gasteiger partial charge in [0.25, 0.3) is 15.9 Å². The lowest BCUT2D eigenvalue weighted by Gasteiger charge is -2.24. The molecular weight excluding hydrogens is 633 g/mol. The quantitative estimate of drug-likeness (QED) is 0.108. The largest absolute Gasteiger partial charge is 0.452 e. The van der Waals surface area contributed by atoms with E-state index >= 15 is 0 Å². The number of nitrogens with zero attached hydrogens (tertiary/aromatic N) is 1. The molecule has 0 atom stereocenters. The van der Waals surface area contributed by atoms with Crippen LogP contribution < -0.4 is 9.62 Å². The molecule has 4 aromatic carbocycles. The third-order valence-corrected chi connectivity index (χ3v) is 8.58. The van der Waals surface area contributed by atoms with Crippen LogP contribution in [0, 0.1) is 0 Å². The first-order chi connectivity index (χ1) is 21.3. The van der Waals surface area contributed by atoms with Crippen LogP contribution in [0.4, 0.5) is 24.5 Å². The van der Waals surface area contributed by atoms with Crippen LogP contribution in [0.2, 0.25) is 5.02 Å². The van der Waals surface area contributed by atoms with Crippen molar-refractivity contribution in [2.24, 2.45) is 0 Å². The van der Waals surface area contributed by atoms with Crippen LogP contribution in [0.15, 0.2) is 115 Å². The minimum absolute atomic E-state index is 0.184. The van der Waals surface area contributed by atoms with Crippen LogP contribution >= 0.6 is 11.6 Å². The molecule has 0 spiro atoms. The maximum Gasteiger partial charge on any atom is 0.416 e. The molecule has 4 aromatic rings. The van der Waals surface area contributed by atoms with E-state index in [0.29, 0.717) is 15.9 Å². The number of halogens is 4. The van der Waals surface area contributed by atoms with Gasteiger partial charge in [-0.2, -0.15) is 13.2 Å². The monoisotopic (exact) mass is 656 g/mol. The number of benzene rings is 4. The summed E-state index contributed by atoms with van der Waals surface area (Å²) < 4.78 is 72.9. The molecular formula is C32H24ClF3N2O6S. The molecule has 0 aliphatic heterocycles. The Kier molecular flexibility index (Phi) is 10.1. The van der Waals surface area contributed by atoms with E-state index in [9.17, 15) is 36.0 Å². The summed E-state index contributed by atoms with van der Waals surface area (Å²) in [6.07, 6.45) is -3.55. The van der Waals surface area contributed by atoms with Gasteiger partial charge in [-0.05, 0) is 48.5 Å². The van der Waals surface area contributed by atoms with Crippen molar-refractivity contribution in [3.63, 3.8) is 0 Å². The van der Waals surface area contributed by atoms with E-state index in [1.165, 1.54) is 24.3 Å². The number of esters is 1. The van der Waals surface area contributed by atoms with Crippen LogP contribution in [-0.2, 0) is 25.7 Å². The molecule has 0 saturated carbocycles. The highest BCUT2D eigenvalue weighted by Crippen LogP contribution is 2.34. The maximum absolute atomic E-state index is 13.6. The molecule has 8 nitrogen and oxygen atoms in total. The molecule has 0 bridgehead atoms. The van der Waals surface area contributed by atoms with Crippen molar-refractivity contribution >= 4 is 50.7 Å². The SMILES string of the molecule is C=CCN(c1cccc(C(F)(F)F)c1)S(=O)(=O)c1cc(C(=O)OCC(=O)Nc2ccccc2C(=O)c2ccccc2)ccc1Cl. The standard InChI is InChI=1S/C32H24ClF3N2O6S/c1-2-17-38(24-12-8-11-23(19-24)32(34,35)36)45(42,43)28-18-22(15-16-26(28)33)31(41)44-20-29(39)37-27-14-7-6-13-25(27)30(40)21-9-4-3-5-10-21/h2-16,18-19H,1,17,20H2,(H,37,39). The Hall–Kier alpha value is -4.94. The first-order valence-electron chi connectivity index (χ1n) is 13.1. The molecule has 0 unspecified atom stereocenters. The number of carbonyl (C=O) groups excluding carboxylic acids is 3. The number of ketones is 1. The fourth-order valence-corrected chi connectivity index (χ4v) is 6.11. The number of rotatable bonds is 11. The third kappa shape index (κ3) is 7.78. The van der Waals surface area contributed by atoms with Crippen molar-refractivity contribution in [1.29, 1.82) is 0 Å². The highest BCUT2D eigenvalue weighted by atomic mass is 35.5. The Morgan fingerprint density at radius 1 is 0.889 bits per heavy atom. The highest BCUT2D eigenvalue weighted by molar-refractivity contribution is 7.93. The van der Waals surface area contributed by atoms with E-state index in [2.05, 4.69) is 11.9 Å². The first-order valence-corrected chi connectivity index (χ1v) is 14.9. The number of anilines is 2. The Bertz CT molecular complexity index is 1860. The molecule has 1 N–H and O–H groups in total. The van der Waals surface area contributed by atoms with E-state index < -0.39 is 51.7 Å². The second-order valence-corrected chi connectivity index (χ2v) is 11.6. The highest BCUT2D eigenvalue weighted by Gasteiger charge is 2.33. The Balaban J connectivity index is 1.52. The topological polar surface area (TPSA) is 110 Å². The summed E-state index contributed by atoms with van der Waals surface area (Å²) in [6, 6.07) is 21.5. The molecule has 45 heavy (non-hydrogen) atoms. The number of ether oxygens (including phenoxy) is 1. The molecule has 4 rings (SSSR count). The van der Waals surface area contributed by atoms with E-state index in [-0.39, 0.29) is 33.3 Å². The van der Waals surface area contributed by atoms with E-state index in [4.69, 9.17) is 16.3 Å². The molecule has 0 radical (unpaired) electrons. The van der Waals surface area contributed by atoms with Crippen LogP contribution in [0.3, 0.4) is 0 Å². The van der Waals surface area contributed by atoms with Crippen molar-refractivity contribution in [3.05, 3.63) is 137 Å². The molecule has 0 saturated heterocycles. The summed E-state index contributed by atoms with van der Waals surface area (Å²) in [5, 5.41) is 2.21. The predicted molar refractivity (Wildman–Crippen MR) is 163 cm³/mol. The number of carbonyl (C=O) groups is 3. The number of hydrogen-bond donors (Lipinski definition) is 1. The zero-order chi connectivity index (χ0) is 32.8. The second-order valence-electron chi connectivity index (χ2n) is 9.38. The van der Waals surface area contributed by atoms with Gasteiger partial charge in [-0.3, -0.25) is 13.9 Å². The summed E-state index contributed by atoms with van der Waals surface area (Å²) >= 11 is 6.17. The Morgan fingerprint density at radius 3 is 2.27 bits per heavy atom. The van der Waals surface area contributed by atoms with Crippen molar-refractivity contribution < 1.29 is 40.7 Å². The van der Waals surface area contributed by atoms with Crippen molar-refractivity contribution in [2.45, 2.75) is 11.1 Å². The maximum atomic E-state index is 13.6. The van der Waals surface area contributed by atoms with E-state index in [0.717, 1.165) is 30.3 Å². The van der Waals surface area contributed by atoms with Gasteiger partial charge in [-0.1, -0.05) is 66.2 Å². The fraction of sp³-hybridized carbons (Fsp3) is 0.0938. The van der Waals surface area contributed by atoms with Crippen LogP contribution in [0.5, 0.6) is 0 Å². The van der Waals surface area contributed by atoms with Gasteiger partial charge in [0.15, 0.2) is 12.4 Å². The van der Waals surface area contributed by atoms with E-state index in [1.54, 1.807) is 42.5 Å². The van der Waals surface area contributed by atoms with Gasteiger partial charge in [0, 0.05) is 11.1 Å². The molecule has 0 aromatic heterocycles. The molecule has 0 fully saturated rings. The molecule has 0 aliphatic carbocycles. The zero-order valence-corrected chi connectivity index (χ0v) is 24.8. The summed E-state index contributed by atoms with van der Waals surface area (Å²) in [5.74, 6) is -2.20. The van der Waals surface area contributed by atoms with Crippen molar-refractivity contribution in [2.75, 3.05) is 22.8 Å². The number of alkyl halides is 3. The summed E-state index contributed by atoms with van der Waals surface area (Å²) in [7, 11) is -4.63. The lowest BCUT2D eigenvalue weighted by atomic mass is 10.0. The van der Waals surface area contributed by atoms with Gasteiger partial charge in [-0.15, -0.1) is 6.58 Å². The number of amides is 1. The van der Waals surface area contributed by atoms with Gasteiger partial charge in [-0.25, -0.2) is 13.2 Å². The average Bonchev–Trinajstić information content (AvgIpc) is 3.02.